The highest BCUT2D eigenvalue weighted by molar-refractivity contribution is 5.89. The van der Waals surface area contributed by atoms with E-state index in [9.17, 15) is 4.79 Å². The minimum atomic E-state index is -0.325. The Bertz CT molecular complexity index is 543. The van der Waals surface area contributed by atoms with E-state index in [4.69, 9.17) is 4.74 Å². The van der Waals surface area contributed by atoms with Crippen LogP contribution in [-0.2, 0) is 10.2 Å². The van der Waals surface area contributed by atoms with Gasteiger partial charge in [-0.3, -0.25) is 4.79 Å². The Kier molecular flexibility index (Phi) is 5.44. The van der Waals surface area contributed by atoms with Gasteiger partial charge in [-0.2, -0.15) is 0 Å². The minimum Gasteiger partial charge on any atom is -0.493 e. The van der Waals surface area contributed by atoms with Gasteiger partial charge in [-0.1, -0.05) is 32.4 Å². The monoisotopic (exact) mass is 330 g/mol. The zero-order valence-corrected chi connectivity index (χ0v) is 14.9. The number of rotatable bonds is 6. The smallest absolute Gasteiger partial charge is 0.230 e. The van der Waals surface area contributed by atoms with Crippen LogP contribution in [0.1, 0.15) is 51.5 Å². The number of benzene rings is 1. The van der Waals surface area contributed by atoms with Crippen LogP contribution in [0.3, 0.4) is 0 Å². The Hall–Kier alpha value is -1.55. The largest absolute Gasteiger partial charge is 0.493 e. The molecule has 1 amide bonds. The van der Waals surface area contributed by atoms with Crippen LogP contribution in [0.2, 0.25) is 0 Å². The van der Waals surface area contributed by atoms with Crippen molar-refractivity contribution in [1.82, 2.24) is 10.6 Å². The molecule has 2 aliphatic rings. The average molecular weight is 330 g/mol. The summed E-state index contributed by atoms with van der Waals surface area (Å²) in [4.78, 5) is 12.9. The van der Waals surface area contributed by atoms with Crippen molar-refractivity contribution in [2.45, 2.75) is 57.4 Å². The van der Waals surface area contributed by atoms with E-state index in [1.54, 1.807) is 0 Å². The zero-order valence-electron chi connectivity index (χ0n) is 14.9. The lowest BCUT2D eigenvalue weighted by molar-refractivity contribution is -0.130. The van der Waals surface area contributed by atoms with E-state index >= 15 is 0 Å². The summed E-state index contributed by atoms with van der Waals surface area (Å²) in [5, 5.41) is 6.65. The number of carbonyl (C=O) groups is 1. The van der Waals surface area contributed by atoms with E-state index in [1.807, 2.05) is 12.1 Å². The van der Waals surface area contributed by atoms with Crippen LogP contribution in [0.15, 0.2) is 24.3 Å². The third kappa shape index (κ3) is 3.75. The SMILES string of the molecule is CC(C)COc1ccc(C2(C(=O)N[C@H]3CCCNC3)CCC2)cc1. The van der Waals surface area contributed by atoms with Crippen molar-refractivity contribution in [3.8, 4) is 5.75 Å². The van der Waals surface area contributed by atoms with Crippen LogP contribution >= 0.6 is 0 Å². The molecule has 2 fully saturated rings. The highest BCUT2D eigenvalue weighted by atomic mass is 16.5. The van der Waals surface area contributed by atoms with Crippen molar-refractivity contribution >= 4 is 5.91 Å². The second-order valence-corrected chi connectivity index (χ2v) is 7.68. The van der Waals surface area contributed by atoms with Crippen molar-refractivity contribution < 1.29 is 9.53 Å². The van der Waals surface area contributed by atoms with Gasteiger partial charge in [-0.25, -0.2) is 0 Å². The molecular formula is C20H30N2O2. The molecule has 1 heterocycles. The first kappa shape index (κ1) is 17.3. The summed E-state index contributed by atoms with van der Waals surface area (Å²) >= 11 is 0. The van der Waals surface area contributed by atoms with Crippen LogP contribution in [0, 0.1) is 5.92 Å². The molecule has 24 heavy (non-hydrogen) atoms. The predicted molar refractivity (Wildman–Crippen MR) is 96.3 cm³/mol. The number of hydrogen-bond acceptors (Lipinski definition) is 3. The van der Waals surface area contributed by atoms with E-state index in [0.29, 0.717) is 5.92 Å². The van der Waals surface area contributed by atoms with Gasteiger partial charge in [-0.05, 0) is 55.8 Å². The summed E-state index contributed by atoms with van der Waals surface area (Å²) in [5.74, 6) is 1.61. The fraction of sp³-hybridized carbons (Fsp3) is 0.650. The van der Waals surface area contributed by atoms with Gasteiger partial charge in [0.2, 0.25) is 5.91 Å². The normalized spacial score (nSPS) is 22.7. The van der Waals surface area contributed by atoms with Gasteiger partial charge < -0.3 is 15.4 Å². The summed E-state index contributed by atoms with van der Waals surface area (Å²) in [6, 6.07) is 8.44. The molecule has 0 radical (unpaired) electrons. The predicted octanol–water partition coefficient (Wildman–Crippen LogP) is 3.01. The van der Waals surface area contributed by atoms with Gasteiger partial charge in [0.25, 0.3) is 0 Å². The molecule has 4 nitrogen and oxygen atoms in total. The molecule has 1 aromatic carbocycles. The molecule has 1 atom stereocenters. The molecule has 0 spiro atoms. The quantitative estimate of drug-likeness (QED) is 0.843. The standard InChI is InChI=1S/C20H30N2O2/c1-15(2)14-24-18-8-6-16(7-9-18)20(10-4-11-20)19(23)22-17-5-3-12-21-13-17/h6-9,15,17,21H,3-5,10-14H2,1-2H3,(H,22,23)/t17-/m0/s1. The van der Waals surface area contributed by atoms with Gasteiger partial charge in [-0.15, -0.1) is 0 Å². The maximum atomic E-state index is 12.9. The highest BCUT2D eigenvalue weighted by Crippen LogP contribution is 2.44. The van der Waals surface area contributed by atoms with Crippen molar-refractivity contribution in [1.29, 1.82) is 0 Å². The number of piperidine rings is 1. The third-order valence-electron chi connectivity index (χ3n) is 5.26. The lowest BCUT2D eigenvalue weighted by Crippen LogP contribution is -2.55. The first-order chi connectivity index (χ1) is 11.6. The molecule has 0 unspecified atom stereocenters. The first-order valence-electron chi connectivity index (χ1n) is 9.35. The van der Waals surface area contributed by atoms with Crippen molar-refractivity contribution in [3.63, 3.8) is 0 Å². The second-order valence-electron chi connectivity index (χ2n) is 7.68. The number of hydrogen-bond donors (Lipinski definition) is 2. The van der Waals surface area contributed by atoms with Crippen molar-refractivity contribution in [3.05, 3.63) is 29.8 Å². The summed E-state index contributed by atoms with van der Waals surface area (Å²) in [7, 11) is 0. The van der Waals surface area contributed by atoms with Crippen LogP contribution in [0.4, 0.5) is 0 Å². The lowest BCUT2D eigenvalue weighted by atomic mass is 9.63. The Balaban J connectivity index is 1.66. The molecule has 1 saturated carbocycles. The number of nitrogens with one attached hydrogen (secondary N) is 2. The number of amides is 1. The summed E-state index contributed by atoms with van der Waals surface area (Å²) in [5.41, 5.74) is 0.806. The summed E-state index contributed by atoms with van der Waals surface area (Å²) in [6.45, 7) is 6.96. The maximum Gasteiger partial charge on any atom is 0.230 e. The van der Waals surface area contributed by atoms with Gasteiger partial charge >= 0.3 is 0 Å². The van der Waals surface area contributed by atoms with E-state index in [1.165, 1.54) is 0 Å². The molecule has 1 aliphatic carbocycles. The molecule has 4 heteroatoms. The summed E-state index contributed by atoms with van der Waals surface area (Å²) < 4.78 is 5.76. The molecule has 1 aliphatic heterocycles. The lowest BCUT2D eigenvalue weighted by Gasteiger charge is -2.42. The Morgan fingerprint density at radius 3 is 2.58 bits per heavy atom. The van der Waals surface area contributed by atoms with Gasteiger partial charge in [0.15, 0.2) is 0 Å². The molecule has 132 valence electrons. The van der Waals surface area contributed by atoms with Gasteiger partial charge in [0, 0.05) is 12.6 Å². The van der Waals surface area contributed by atoms with Crippen molar-refractivity contribution in [2.24, 2.45) is 5.92 Å². The Morgan fingerprint density at radius 2 is 2.04 bits per heavy atom. The molecule has 1 saturated heterocycles. The number of ether oxygens (including phenoxy) is 1. The van der Waals surface area contributed by atoms with E-state index in [-0.39, 0.29) is 17.4 Å². The molecule has 3 rings (SSSR count). The molecule has 2 N–H and O–H groups in total. The third-order valence-corrected chi connectivity index (χ3v) is 5.26. The average Bonchev–Trinajstić information content (AvgIpc) is 2.54. The first-order valence-corrected chi connectivity index (χ1v) is 9.35. The molecular weight excluding hydrogens is 300 g/mol. The maximum absolute atomic E-state index is 12.9. The Labute approximate surface area is 145 Å². The van der Waals surface area contributed by atoms with Gasteiger partial charge in [0.05, 0.1) is 12.0 Å². The van der Waals surface area contributed by atoms with Gasteiger partial charge in [0.1, 0.15) is 5.75 Å². The minimum absolute atomic E-state index is 0.207. The summed E-state index contributed by atoms with van der Waals surface area (Å²) in [6.07, 6.45) is 5.24. The highest BCUT2D eigenvalue weighted by Gasteiger charge is 2.46. The van der Waals surface area contributed by atoms with Crippen LogP contribution < -0.4 is 15.4 Å². The fourth-order valence-electron chi connectivity index (χ4n) is 3.61. The van der Waals surface area contributed by atoms with E-state index in [0.717, 1.165) is 63.1 Å². The molecule has 0 bridgehead atoms. The second kappa shape index (κ2) is 7.56. The number of carbonyl (C=O) groups excluding carboxylic acids is 1. The van der Waals surface area contributed by atoms with Crippen LogP contribution in [0.5, 0.6) is 5.75 Å². The zero-order chi connectivity index (χ0) is 17.0. The van der Waals surface area contributed by atoms with E-state index in [2.05, 4.69) is 36.6 Å². The Morgan fingerprint density at radius 1 is 1.29 bits per heavy atom. The van der Waals surface area contributed by atoms with Crippen molar-refractivity contribution in [2.75, 3.05) is 19.7 Å². The molecule has 0 aromatic heterocycles. The fourth-order valence-corrected chi connectivity index (χ4v) is 3.61. The topological polar surface area (TPSA) is 50.4 Å². The van der Waals surface area contributed by atoms with Crippen LogP contribution in [-0.4, -0.2) is 31.6 Å². The van der Waals surface area contributed by atoms with Crippen LogP contribution in [0.25, 0.3) is 0 Å². The van der Waals surface area contributed by atoms with E-state index < -0.39 is 0 Å². The molecule has 1 aromatic rings.